The number of aromatic nitrogens is 2. The Kier molecular flexibility index (Phi) is 3.73. The third kappa shape index (κ3) is 2.82. The van der Waals surface area contributed by atoms with Crippen molar-refractivity contribution in [3.05, 3.63) is 35.9 Å². The van der Waals surface area contributed by atoms with Gasteiger partial charge in [0.15, 0.2) is 11.5 Å². The van der Waals surface area contributed by atoms with E-state index in [1.165, 1.54) is 18.5 Å². The Morgan fingerprint density at radius 1 is 1.24 bits per heavy atom. The molecular formula is C16H21N3O2. The second kappa shape index (κ2) is 5.68. The van der Waals surface area contributed by atoms with E-state index >= 15 is 0 Å². The molecule has 5 nitrogen and oxygen atoms in total. The van der Waals surface area contributed by atoms with Crippen molar-refractivity contribution in [1.29, 1.82) is 0 Å². The van der Waals surface area contributed by atoms with E-state index < -0.39 is 0 Å². The zero-order valence-electron chi connectivity index (χ0n) is 12.7. The summed E-state index contributed by atoms with van der Waals surface area (Å²) in [6.45, 7) is 2.81. The lowest BCUT2D eigenvalue weighted by Crippen LogP contribution is -2.07. The fourth-order valence-corrected chi connectivity index (χ4v) is 2.51. The summed E-state index contributed by atoms with van der Waals surface area (Å²) in [5.74, 6) is 1.49. The van der Waals surface area contributed by atoms with Gasteiger partial charge in [-0.15, -0.1) is 0 Å². The lowest BCUT2D eigenvalue weighted by atomic mass is 10.1. The van der Waals surface area contributed by atoms with Crippen LogP contribution in [0.15, 0.2) is 24.7 Å². The van der Waals surface area contributed by atoms with E-state index in [4.69, 9.17) is 9.47 Å². The van der Waals surface area contributed by atoms with Gasteiger partial charge in [0.05, 0.1) is 32.8 Å². The average Bonchev–Trinajstić information content (AvgIpc) is 3.24. The maximum atomic E-state index is 5.36. The molecule has 1 fully saturated rings. The van der Waals surface area contributed by atoms with E-state index in [1.807, 2.05) is 24.7 Å². The lowest BCUT2D eigenvalue weighted by Gasteiger charge is -2.15. The molecule has 1 aliphatic carbocycles. The van der Waals surface area contributed by atoms with Crippen LogP contribution in [-0.4, -0.2) is 23.8 Å². The molecule has 112 valence electrons. The molecule has 0 spiro atoms. The van der Waals surface area contributed by atoms with Crippen LogP contribution in [0.25, 0.3) is 0 Å². The van der Waals surface area contributed by atoms with Crippen LogP contribution in [0.1, 0.15) is 30.1 Å². The van der Waals surface area contributed by atoms with Crippen molar-refractivity contribution < 1.29 is 9.47 Å². The second-order valence-electron chi connectivity index (χ2n) is 5.40. The Morgan fingerprint density at radius 3 is 2.62 bits per heavy atom. The molecule has 0 saturated heterocycles. The number of aryl methyl sites for hydroxylation is 1. The molecule has 0 bridgehead atoms. The van der Waals surface area contributed by atoms with E-state index in [9.17, 15) is 0 Å². The minimum absolute atomic E-state index is 0.649. The fraction of sp³-hybridized carbons (Fsp3) is 0.438. The van der Waals surface area contributed by atoms with Gasteiger partial charge in [-0.2, -0.15) is 0 Å². The third-order valence-electron chi connectivity index (χ3n) is 3.88. The summed E-state index contributed by atoms with van der Waals surface area (Å²) in [7, 11) is 3.30. The lowest BCUT2D eigenvalue weighted by molar-refractivity contribution is 0.355. The van der Waals surface area contributed by atoms with Gasteiger partial charge in [-0.3, -0.25) is 0 Å². The Labute approximate surface area is 124 Å². The van der Waals surface area contributed by atoms with Crippen molar-refractivity contribution in [1.82, 2.24) is 9.55 Å². The molecule has 1 N–H and O–H groups in total. The largest absolute Gasteiger partial charge is 0.493 e. The van der Waals surface area contributed by atoms with Crippen molar-refractivity contribution in [2.45, 2.75) is 32.4 Å². The number of rotatable bonds is 6. The molecule has 0 unspecified atom stereocenters. The molecule has 1 heterocycles. The van der Waals surface area contributed by atoms with Crippen LogP contribution < -0.4 is 14.8 Å². The first-order valence-electron chi connectivity index (χ1n) is 7.20. The van der Waals surface area contributed by atoms with Crippen LogP contribution in [0.4, 0.5) is 5.69 Å². The number of imidazole rings is 1. The van der Waals surface area contributed by atoms with E-state index in [2.05, 4.69) is 21.8 Å². The van der Waals surface area contributed by atoms with Gasteiger partial charge in [0.25, 0.3) is 0 Å². The Morgan fingerprint density at radius 2 is 1.95 bits per heavy atom. The van der Waals surface area contributed by atoms with Gasteiger partial charge >= 0.3 is 0 Å². The highest BCUT2D eigenvalue weighted by Crippen LogP contribution is 2.36. The molecule has 0 radical (unpaired) electrons. The summed E-state index contributed by atoms with van der Waals surface area (Å²) in [6.07, 6.45) is 6.38. The number of benzene rings is 1. The topological polar surface area (TPSA) is 48.3 Å². The van der Waals surface area contributed by atoms with Gasteiger partial charge in [-0.1, -0.05) is 0 Å². The van der Waals surface area contributed by atoms with Gasteiger partial charge in [-0.05, 0) is 31.4 Å². The predicted octanol–water partition coefficient (Wildman–Crippen LogP) is 3.16. The first-order chi connectivity index (χ1) is 10.2. The Hall–Kier alpha value is -2.17. The first-order valence-corrected chi connectivity index (χ1v) is 7.20. The van der Waals surface area contributed by atoms with E-state index in [0.717, 1.165) is 29.3 Å². The predicted molar refractivity (Wildman–Crippen MR) is 82.1 cm³/mol. The fourth-order valence-electron chi connectivity index (χ4n) is 2.51. The summed E-state index contributed by atoms with van der Waals surface area (Å²) in [4.78, 5) is 4.26. The third-order valence-corrected chi connectivity index (χ3v) is 3.88. The van der Waals surface area contributed by atoms with Crippen LogP contribution >= 0.6 is 0 Å². The molecule has 0 amide bonds. The van der Waals surface area contributed by atoms with E-state index in [1.54, 1.807) is 14.2 Å². The molecular weight excluding hydrogens is 266 g/mol. The monoisotopic (exact) mass is 287 g/mol. The van der Waals surface area contributed by atoms with Crippen LogP contribution in [-0.2, 0) is 6.54 Å². The van der Waals surface area contributed by atoms with Gasteiger partial charge in [-0.25, -0.2) is 4.98 Å². The standard InChI is InChI=1S/C16H21N3O2/c1-11-6-15(20-2)16(21-3)7-14(11)18-9-13-8-17-10-19(13)12-4-5-12/h6-8,10,12,18H,4-5,9H2,1-3H3. The molecule has 3 rings (SSSR count). The minimum Gasteiger partial charge on any atom is -0.493 e. The SMILES string of the molecule is COc1cc(C)c(NCc2cncn2C2CC2)cc1OC. The normalized spacial score (nSPS) is 14.0. The van der Waals surface area contributed by atoms with Gasteiger partial charge in [0.2, 0.25) is 0 Å². The maximum Gasteiger partial charge on any atom is 0.162 e. The highest BCUT2D eigenvalue weighted by molar-refractivity contribution is 5.60. The number of hydrogen-bond acceptors (Lipinski definition) is 4. The number of anilines is 1. The summed E-state index contributed by atoms with van der Waals surface area (Å²) in [5.41, 5.74) is 3.40. The number of ether oxygens (including phenoxy) is 2. The maximum absolute atomic E-state index is 5.36. The first kappa shape index (κ1) is 13.8. The van der Waals surface area contributed by atoms with Gasteiger partial charge in [0, 0.05) is 24.0 Å². The molecule has 1 aromatic heterocycles. The zero-order valence-corrected chi connectivity index (χ0v) is 12.7. The van der Waals surface area contributed by atoms with E-state index in [0.29, 0.717) is 6.04 Å². The molecule has 0 atom stereocenters. The average molecular weight is 287 g/mol. The molecule has 21 heavy (non-hydrogen) atoms. The quantitative estimate of drug-likeness (QED) is 0.886. The van der Waals surface area contributed by atoms with Crippen LogP contribution in [0.3, 0.4) is 0 Å². The van der Waals surface area contributed by atoms with Gasteiger partial charge in [0.1, 0.15) is 0 Å². The summed E-state index contributed by atoms with van der Waals surface area (Å²) >= 11 is 0. The van der Waals surface area contributed by atoms with Gasteiger partial charge < -0.3 is 19.4 Å². The molecule has 1 saturated carbocycles. The Bertz CT molecular complexity index is 632. The molecule has 2 aromatic rings. The van der Waals surface area contributed by atoms with E-state index in [-0.39, 0.29) is 0 Å². The summed E-state index contributed by atoms with van der Waals surface area (Å²) in [6, 6.07) is 4.61. The van der Waals surface area contributed by atoms with Crippen LogP contribution in [0.2, 0.25) is 0 Å². The molecule has 5 heteroatoms. The van der Waals surface area contributed by atoms with Crippen molar-refractivity contribution in [3.8, 4) is 11.5 Å². The summed E-state index contributed by atoms with van der Waals surface area (Å²) in [5, 5.41) is 3.47. The number of methoxy groups -OCH3 is 2. The number of nitrogens with one attached hydrogen (secondary N) is 1. The highest BCUT2D eigenvalue weighted by atomic mass is 16.5. The molecule has 0 aliphatic heterocycles. The van der Waals surface area contributed by atoms with Crippen molar-refractivity contribution in [3.63, 3.8) is 0 Å². The van der Waals surface area contributed by atoms with Crippen molar-refractivity contribution in [2.24, 2.45) is 0 Å². The number of nitrogens with zero attached hydrogens (tertiary/aromatic N) is 2. The van der Waals surface area contributed by atoms with Crippen molar-refractivity contribution in [2.75, 3.05) is 19.5 Å². The highest BCUT2D eigenvalue weighted by Gasteiger charge is 2.25. The second-order valence-corrected chi connectivity index (χ2v) is 5.40. The zero-order chi connectivity index (χ0) is 14.8. The molecule has 1 aromatic carbocycles. The van der Waals surface area contributed by atoms with Crippen molar-refractivity contribution >= 4 is 5.69 Å². The van der Waals surface area contributed by atoms with Crippen LogP contribution in [0.5, 0.6) is 11.5 Å². The minimum atomic E-state index is 0.649. The smallest absolute Gasteiger partial charge is 0.162 e. The van der Waals surface area contributed by atoms with Crippen LogP contribution in [0, 0.1) is 6.92 Å². The molecule has 1 aliphatic rings. The number of hydrogen-bond donors (Lipinski definition) is 1. The summed E-state index contributed by atoms with van der Waals surface area (Å²) < 4.78 is 12.9. The Balaban J connectivity index is 1.76.